The molecule has 0 amide bonds. The fourth-order valence-corrected chi connectivity index (χ4v) is 2.32. The van der Waals surface area contributed by atoms with Crippen molar-refractivity contribution in [3.8, 4) is 0 Å². The van der Waals surface area contributed by atoms with Crippen LogP contribution < -0.4 is 11.3 Å². The first-order valence-corrected chi connectivity index (χ1v) is 6.17. The van der Waals surface area contributed by atoms with Crippen molar-refractivity contribution in [1.82, 2.24) is 4.90 Å². The number of hydrogen-bond acceptors (Lipinski definition) is 5. The highest BCUT2D eigenvalue weighted by molar-refractivity contribution is 5.55. The number of nitrogens with zero attached hydrogens (tertiary/aromatic N) is 2. The Bertz CT molecular complexity index is 430. The van der Waals surface area contributed by atoms with E-state index >= 15 is 0 Å². The highest BCUT2D eigenvalue weighted by Gasteiger charge is 2.15. The van der Waals surface area contributed by atoms with Crippen LogP contribution in [0.5, 0.6) is 0 Å². The molecule has 1 aliphatic heterocycles. The second kappa shape index (κ2) is 5.79. The third kappa shape index (κ3) is 2.96. The van der Waals surface area contributed by atoms with Crippen LogP contribution in [0.4, 0.5) is 11.4 Å². The number of anilines is 1. The van der Waals surface area contributed by atoms with Crippen LogP contribution in [0, 0.1) is 10.1 Å². The Hall–Kier alpha value is -1.66. The molecule has 0 atom stereocenters. The Balaban J connectivity index is 2.17. The van der Waals surface area contributed by atoms with Crippen LogP contribution in [0.15, 0.2) is 18.2 Å². The first-order chi connectivity index (χ1) is 8.70. The van der Waals surface area contributed by atoms with E-state index in [1.807, 2.05) is 0 Å². The van der Waals surface area contributed by atoms with Crippen molar-refractivity contribution in [2.45, 2.75) is 25.8 Å². The number of hydrazine groups is 1. The fraction of sp³-hybridized carbons (Fsp3) is 0.500. The van der Waals surface area contributed by atoms with E-state index in [9.17, 15) is 10.1 Å². The largest absolute Gasteiger partial charge is 0.324 e. The van der Waals surface area contributed by atoms with Gasteiger partial charge in [-0.25, -0.2) is 0 Å². The molecule has 0 radical (unpaired) electrons. The van der Waals surface area contributed by atoms with Gasteiger partial charge in [0.25, 0.3) is 5.69 Å². The number of rotatable bonds is 4. The zero-order valence-electron chi connectivity index (χ0n) is 10.3. The van der Waals surface area contributed by atoms with E-state index in [-0.39, 0.29) is 10.6 Å². The molecule has 1 heterocycles. The summed E-state index contributed by atoms with van der Waals surface area (Å²) in [7, 11) is 0. The van der Waals surface area contributed by atoms with Crippen LogP contribution in [-0.2, 0) is 6.54 Å². The van der Waals surface area contributed by atoms with Gasteiger partial charge in [0.1, 0.15) is 0 Å². The standard InChI is InChI=1S/C12H18N4O2/c13-14-12-5-4-11(16(17)18)8-10(12)9-15-6-2-1-3-7-15/h4-5,8,14H,1-3,6-7,9,13H2. The third-order valence-corrected chi connectivity index (χ3v) is 3.30. The summed E-state index contributed by atoms with van der Waals surface area (Å²) in [5, 5.41) is 10.8. The molecule has 6 heteroatoms. The second-order valence-corrected chi connectivity index (χ2v) is 4.58. The molecule has 2 rings (SSSR count). The predicted molar refractivity (Wildman–Crippen MR) is 70.0 cm³/mol. The summed E-state index contributed by atoms with van der Waals surface area (Å²) in [6.07, 6.45) is 3.66. The first kappa shape index (κ1) is 12.8. The normalized spacial score (nSPS) is 16.5. The summed E-state index contributed by atoms with van der Waals surface area (Å²) in [4.78, 5) is 12.7. The number of non-ortho nitro benzene ring substituents is 1. The monoisotopic (exact) mass is 250 g/mol. The molecule has 18 heavy (non-hydrogen) atoms. The summed E-state index contributed by atoms with van der Waals surface area (Å²) < 4.78 is 0. The van der Waals surface area contributed by atoms with Gasteiger partial charge in [-0.05, 0) is 37.6 Å². The van der Waals surface area contributed by atoms with Crippen molar-refractivity contribution < 1.29 is 4.92 Å². The maximum absolute atomic E-state index is 10.8. The quantitative estimate of drug-likeness (QED) is 0.484. The minimum absolute atomic E-state index is 0.112. The lowest BCUT2D eigenvalue weighted by Crippen LogP contribution is -2.29. The first-order valence-electron chi connectivity index (χ1n) is 6.17. The van der Waals surface area contributed by atoms with Gasteiger partial charge in [-0.15, -0.1) is 0 Å². The highest BCUT2D eigenvalue weighted by atomic mass is 16.6. The van der Waals surface area contributed by atoms with Gasteiger partial charge in [-0.2, -0.15) is 0 Å². The smallest absolute Gasteiger partial charge is 0.269 e. The zero-order chi connectivity index (χ0) is 13.0. The fourth-order valence-electron chi connectivity index (χ4n) is 2.32. The predicted octanol–water partition coefficient (Wildman–Crippen LogP) is 1.87. The molecule has 3 N–H and O–H groups in total. The summed E-state index contributed by atoms with van der Waals surface area (Å²) in [6.45, 7) is 2.81. The highest BCUT2D eigenvalue weighted by Crippen LogP contribution is 2.24. The molecule has 0 aromatic heterocycles. The Morgan fingerprint density at radius 1 is 1.33 bits per heavy atom. The number of hydrogen-bond donors (Lipinski definition) is 2. The minimum atomic E-state index is -0.375. The van der Waals surface area contributed by atoms with Gasteiger partial charge in [0, 0.05) is 18.7 Å². The maximum Gasteiger partial charge on any atom is 0.269 e. The van der Waals surface area contributed by atoms with Crippen molar-refractivity contribution in [3.05, 3.63) is 33.9 Å². The minimum Gasteiger partial charge on any atom is -0.324 e. The number of likely N-dealkylation sites (tertiary alicyclic amines) is 1. The van der Waals surface area contributed by atoms with Crippen LogP contribution in [-0.4, -0.2) is 22.9 Å². The molecule has 98 valence electrons. The van der Waals surface area contributed by atoms with E-state index in [0.717, 1.165) is 24.3 Å². The van der Waals surface area contributed by atoms with E-state index < -0.39 is 0 Å². The van der Waals surface area contributed by atoms with Crippen LogP contribution in [0.3, 0.4) is 0 Å². The Kier molecular flexibility index (Phi) is 4.11. The molecule has 1 fully saturated rings. The van der Waals surface area contributed by atoms with Crippen molar-refractivity contribution >= 4 is 11.4 Å². The molecule has 1 aromatic carbocycles. The van der Waals surface area contributed by atoms with Crippen molar-refractivity contribution in [2.75, 3.05) is 18.5 Å². The Labute approximate surface area is 106 Å². The van der Waals surface area contributed by atoms with Gasteiger partial charge >= 0.3 is 0 Å². The number of nitrogens with two attached hydrogens (primary N) is 1. The molecule has 1 aromatic rings. The molecular weight excluding hydrogens is 232 g/mol. The average Bonchev–Trinajstić information content (AvgIpc) is 2.39. The van der Waals surface area contributed by atoms with E-state index in [1.165, 1.54) is 25.3 Å². The number of nitro groups is 1. The molecule has 6 nitrogen and oxygen atoms in total. The molecular formula is C12H18N4O2. The summed E-state index contributed by atoms with van der Waals surface area (Å²) in [5.41, 5.74) is 4.35. The van der Waals surface area contributed by atoms with Crippen molar-refractivity contribution in [2.24, 2.45) is 5.84 Å². The van der Waals surface area contributed by atoms with E-state index in [1.54, 1.807) is 12.1 Å². The van der Waals surface area contributed by atoms with Crippen molar-refractivity contribution in [1.29, 1.82) is 0 Å². The SMILES string of the molecule is NNc1ccc([N+](=O)[O-])cc1CN1CCCCC1. The number of nitrogens with one attached hydrogen (secondary N) is 1. The molecule has 0 bridgehead atoms. The maximum atomic E-state index is 10.8. The van der Waals surface area contributed by atoms with Gasteiger partial charge in [0.15, 0.2) is 0 Å². The summed E-state index contributed by atoms with van der Waals surface area (Å²) >= 11 is 0. The lowest BCUT2D eigenvalue weighted by atomic mass is 10.1. The molecule has 1 aliphatic rings. The Morgan fingerprint density at radius 2 is 2.06 bits per heavy atom. The van der Waals surface area contributed by atoms with Gasteiger partial charge in [0.05, 0.1) is 10.6 Å². The van der Waals surface area contributed by atoms with Crippen LogP contribution in [0.25, 0.3) is 0 Å². The van der Waals surface area contributed by atoms with Crippen LogP contribution >= 0.6 is 0 Å². The topological polar surface area (TPSA) is 84.4 Å². The molecule has 0 unspecified atom stereocenters. The number of benzene rings is 1. The average molecular weight is 250 g/mol. The lowest BCUT2D eigenvalue weighted by Gasteiger charge is -2.27. The Morgan fingerprint density at radius 3 is 2.67 bits per heavy atom. The van der Waals surface area contributed by atoms with Gasteiger partial charge < -0.3 is 5.43 Å². The van der Waals surface area contributed by atoms with Gasteiger partial charge in [0.2, 0.25) is 0 Å². The molecule has 0 spiro atoms. The van der Waals surface area contributed by atoms with E-state index in [2.05, 4.69) is 10.3 Å². The molecule has 1 saturated heterocycles. The summed E-state index contributed by atoms with van der Waals surface area (Å²) in [5.74, 6) is 5.44. The van der Waals surface area contributed by atoms with Crippen molar-refractivity contribution in [3.63, 3.8) is 0 Å². The van der Waals surface area contributed by atoms with Gasteiger partial charge in [-0.3, -0.25) is 20.9 Å². The number of nitro benzene ring substituents is 1. The van der Waals surface area contributed by atoms with Crippen LogP contribution in [0.1, 0.15) is 24.8 Å². The molecule has 0 aliphatic carbocycles. The van der Waals surface area contributed by atoms with Gasteiger partial charge in [-0.1, -0.05) is 6.42 Å². The van der Waals surface area contributed by atoms with E-state index in [4.69, 9.17) is 5.84 Å². The summed E-state index contributed by atoms with van der Waals surface area (Å²) in [6, 6.07) is 4.73. The van der Waals surface area contributed by atoms with Crippen LogP contribution in [0.2, 0.25) is 0 Å². The number of nitrogen functional groups attached to an aromatic ring is 1. The molecule has 0 saturated carbocycles. The zero-order valence-corrected chi connectivity index (χ0v) is 10.3. The van der Waals surface area contributed by atoms with E-state index in [0.29, 0.717) is 6.54 Å². The number of piperidine rings is 1. The second-order valence-electron chi connectivity index (χ2n) is 4.58. The lowest BCUT2D eigenvalue weighted by molar-refractivity contribution is -0.384. The third-order valence-electron chi connectivity index (χ3n) is 3.30.